The van der Waals surface area contributed by atoms with E-state index in [1.807, 2.05) is 33.8 Å². The first-order valence-corrected chi connectivity index (χ1v) is 15.9. The predicted molar refractivity (Wildman–Crippen MR) is 174 cm³/mol. The highest BCUT2D eigenvalue weighted by atomic mass is 16.6. The van der Waals surface area contributed by atoms with E-state index in [1.165, 1.54) is 22.3 Å². The Morgan fingerprint density at radius 3 is 1.63 bits per heavy atom. The summed E-state index contributed by atoms with van der Waals surface area (Å²) in [7, 11) is 0. The lowest BCUT2D eigenvalue weighted by Crippen LogP contribution is -2.49. The highest BCUT2D eigenvalue weighted by molar-refractivity contribution is 5.96. The normalized spacial score (nSPS) is 33.4. The van der Waals surface area contributed by atoms with Crippen molar-refractivity contribution in [1.29, 1.82) is 0 Å². The largest absolute Gasteiger partial charge is 0.483 e. The van der Waals surface area contributed by atoms with E-state index in [9.17, 15) is 10.4 Å². The summed E-state index contributed by atoms with van der Waals surface area (Å²) in [6.07, 6.45) is 3.51. The van der Waals surface area contributed by atoms with Crippen LogP contribution in [-0.2, 0) is 16.2 Å². The van der Waals surface area contributed by atoms with Gasteiger partial charge in [0, 0.05) is 5.41 Å². The van der Waals surface area contributed by atoms with E-state index in [-0.39, 0.29) is 40.1 Å². The van der Waals surface area contributed by atoms with Gasteiger partial charge in [-0.25, -0.2) is 0 Å². The summed E-state index contributed by atoms with van der Waals surface area (Å²) in [5, 5.41) is 26.3. The molecular formula is C36H44N4O6. The fourth-order valence-electron chi connectivity index (χ4n) is 8.77. The first-order chi connectivity index (χ1) is 21.4. The van der Waals surface area contributed by atoms with Crippen molar-refractivity contribution >= 4 is 11.7 Å². The van der Waals surface area contributed by atoms with Crippen LogP contribution in [0, 0.1) is 10.8 Å². The molecule has 5 atom stereocenters. The maximum absolute atomic E-state index is 9.83. The number of amidine groups is 2. The van der Waals surface area contributed by atoms with Crippen LogP contribution in [0.15, 0.2) is 57.7 Å². The van der Waals surface area contributed by atoms with Crippen LogP contribution in [0.25, 0.3) is 0 Å². The number of nitrogens with zero attached hydrogens (tertiary/aromatic N) is 2. The Labute approximate surface area is 269 Å². The number of ether oxygens (including phenoxy) is 4. The molecule has 2 aromatic rings. The molecule has 0 amide bonds. The molecule has 244 valence electrons. The quantitative estimate of drug-likeness (QED) is 0.0989. The van der Waals surface area contributed by atoms with Gasteiger partial charge in [0.25, 0.3) is 0 Å². The zero-order valence-corrected chi connectivity index (χ0v) is 28.0. The van der Waals surface area contributed by atoms with Gasteiger partial charge in [-0.15, -0.1) is 0 Å². The summed E-state index contributed by atoms with van der Waals surface area (Å²) in [5.41, 5.74) is 15.2. The van der Waals surface area contributed by atoms with Crippen molar-refractivity contribution in [3.8, 4) is 23.0 Å². The van der Waals surface area contributed by atoms with E-state index in [0.717, 1.165) is 24.3 Å². The Bertz CT molecular complexity index is 1840. The molecular weight excluding hydrogens is 584 g/mol. The molecule has 2 heterocycles. The molecule has 0 bridgehead atoms. The first kappa shape index (κ1) is 30.3. The molecule has 5 aliphatic rings. The molecule has 0 radical (unpaired) electrons. The van der Waals surface area contributed by atoms with Gasteiger partial charge < -0.3 is 40.8 Å². The van der Waals surface area contributed by atoms with Crippen molar-refractivity contribution in [1.82, 2.24) is 0 Å². The van der Waals surface area contributed by atoms with E-state index in [4.69, 9.17) is 30.4 Å². The van der Waals surface area contributed by atoms with Gasteiger partial charge >= 0.3 is 0 Å². The molecule has 10 heteroatoms. The number of nitrogens with two attached hydrogens (primary N) is 2. The second kappa shape index (κ2) is 9.14. The smallest absolute Gasteiger partial charge is 0.170 e. The molecule has 10 nitrogen and oxygen atoms in total. The number of fused-ring (bicyclic) bond motifs is 6. The van der Waals surface area contributed by atoms with Gasteiger partial charge in [0.05, 0.1) is 0 Å². The molecule has 0 saturated carbocycles. The van der Waals surface area contributed by atoms with Gasteiger partial charge in [0.15, 0.2) is 46.2 Å². The number of hydrogen-bond acceptors (Lipinski definition) is 8. The molecule has 3 aliphatic carbocycles. The summed E-state index contributed by atoms with van der Waals surface area (Å²) >= 11 is 0. The van der Waals surface area contributed by atoms with Crippen LogP contribution in [0.4, 0.5) is 0 Å². The minimum atomic E-state index is -1.15. The van der Waals surface area contributed by atoms with Crippen molar-refractivity contribution in [2.24, 2.45) is 32.6 Å². The summed E-state index contributed by atoms with van der Waals surface area (Å²) in [5.74, 6) is 3.13. The molecule has 0 aromatic heterocycles. The van der Waals surface area contributed by atoms with Gasteiger partial charge in [-0.05, 0) is 105 Å². The third-order valence-corrected chi connectivity index (χ3v) is 11.5. The first-order valence-electron chi connectivity index (χ1n) is 15.9. The Morgan fingerprint density at radius 1 is 0.696 bits per heavy atom. The van der Waals surface area contributed by atoms with Crippen LogP contribution in [0.2, 0.25) is 0 Å². The van der Waals surface area contributed by atoms with Gasteiger partial charge in [-0.1, -0.05) is 49.7 Å². The SMILES string of the molecule is CC1=CC(C)(/C(N)=N/O)C2=C(Oc3cc4c(cc3O2)C(C)(C)CC42CC(C)(C)c3cc4c(cc32)OC(C)C(C)O4)C1(C)/C(N)=N/O. The zero-order chi connectivity index (χ0) is 33.4. The van der Waals surface area contributed by atoms with E-state index in [0.29, 0.717) is 28.6 Å². The molecule has 5 unspecified atom stereocenters. The number of rotatable bonds is 2. The van der Waals surface area contributed by atoms with Crippen LogP contribution >= 0.6 is 0 Å². The standard InChI is InChI=1S/C36H44N4O6/c1-17-14-34(8,30(37)39-41)28-29(35(17,9)31(38)40-42)46-27-13-23-21(11-26(27)45-28)33(6,7)16-36(23)15-32(4,5)20-10-24-25(12-22(20)36)44-19(3)18(2)43-24/h10-14,18-19,41-42H,15-16H2,1-9H3,(H2,37,39)(H2,38,40). The summed E-state index contributed by atoms with van der Waals surface area (Å²) in [6.45, 7) is 18.7. The molecule has 46 heavy (non-hydrogen) atoms. The topological polar surface area (TPSA) is 154 Å². The second-order valence-corrected chi connectivity index (χ2v) is 15.5. The third-order valence-electron chi connectivity index (χ3n) is 11.5. The molecule has 6 N–H and O–H groups in total. The molecule has 7 rings (SSSR count). The van der Waals surface area contributed by atoms with Gasteiger partial charge in [-0.2, -0.15) is 0 Å². The summed E-state index contributed by atoms with van der Waals surface area (Å²) in [6, 6.07) is 8.58. The van der Waals surface area contributed by atoms with Crippen molar-refractivity contribution in [2.75, 3.05) is 0 Å². The Balaban J connectivity index is 1.43. The van der Waals surface area contributed by atoms with E-state index in [2.05, 4.69) is 62.3 Å². The lowest BCUT2D eigenvalue weighted by atomic mass is 9.67. The third kappa shape index (κ3) is 3.69. The molecule has 0 fully saturated rings. The highest BCUT2D eigenvalue weighted by Crippen LogP contribution is 2.66. The van der Waals surface area contributed by atoms with Crippen LogP contribution in [0.1, 0.15) is 97.4 Å². The Morgan fingerprint density at radius 2 is 1.13 bits per heavy atom. The monoisotopic (exact) mass is 628 g/mol. The van der Waals surface area contributed by atoms with Crippen molar-refractivity contribution < 1.29 is 29.4 Å². The molecule has 2 aliphatic heterocycles. The van der Waals surface area contributed by atoms with E-state index < -0.39 is 10.8 Å². The fraction of sp³-hybridized carbons (Fsp3) is 0.500. The molecule has 1 spiro atoms. The van der Waals surface area contributed by atoms with Gasteiger partial charge in [0.2, 0.25) is 0 Å². The molecule has 2 aromatic carbocycles. The summed E-state index contributed by atoms with van der Waals surface area (Å²) in [4.78, 5) is 0. The van der Waals surface area contributed by atoms with E-state index in [1.54, 1.807) is 6.92 Å². The number of oxime groups is 2. The maximum Gasteiger partial charge on any atom is 0.170 e. The van der Waals surface area contributed by atoms with Crippen LogP contribution in [0.3, 0.4) is 0 Å². The lowest BCUT2D eigenvalue weighted by molar-refractivity contribution is 0.0427. The predicted octanol–water partition coefficient (Wildman–Crippen LogP) is 6.33. The number of hydrogen-bond donors (Lipinski definition) is 4. The zero-order valence-electron chi connectivity index (χ0n) is 28.0. The maximum atomic E-state index is 9.83. The van der Waals surface area contributed by atoms with Crippen LogP contribution in [-0.4, -0.2) is 34.3 Å². The van der Waals surface area contributed by atoms with Crippen molar-refractivity contribution in [3.05, 3.63) is 69.7 Å². The average Bonchev–Trinajstić information content (AvgIpc) is 3.35. The minimum absolute atomic E-state index is 0.0345. The average molecular weight is 629 g/mol. The van der Waals surface area contributed by atoms with Crippen LogP contribution < -0.4 is 30.4 Å². The molecule has 0 saturated heterocycles. The highest BCUT2D eigenvalue weighted by Gasteiger charge is 2.58. The fourth-order valence-corrected chi connectivity index (χ4v) is 8.77. The van der Waals surface area contributed by atoms with Crippen LogP contribution in [0.5, 0.6) is 23.0 Å². The van der Waals surface area contributed by atoms with Gasteiger partial charge in [0.1, 0.15) is 23.0 Å². The minimum Gasteiger partial charge on any atom is -0.483 e. The summed E-state index contributed by atoms with van der Waals surface area (Å²) < 4.78 is 26.2. The van der Waals surface area contributed by atoms with Crippen molar-refractivity contribution in [2.45, 2.75) is 104 Å². The van der Waals surface area contributed by atoms with Gasteiger partial charge in [-0.3, -0.25) is 0 Å². The number of benzene rings is 2. The Hall–Kier alpha value is -4.34. The van der Waals surface area contributed by atoms with E-state index >= 15 is 0 Å². The second-order valence-electron chi connectivity index (χ2n) is 15.5. The Kier molecular flexibility index (Phi) is 6.02. The lowest BCUT2D eigenvalue weighted by Gasteiger charge is -2.44. The van der Waals surface area contributed by atoms with Crippen molar-refractivity contribution in [3.63, 3.8) is 0 Å².